The molecule has 0 fully saturated rings. The van der Waals surface area contributed by atoms with Crippen LogP contribution >= 0.6 is 0 Å². The topological polar surface area (TPSA) is 62.7 Å². The molecule has 7 heteroatoms. The van der Waals surface area contributed by atoms with Gasteiger partial charge in [0.1, 0.15) is 23.1 Å². The van der Waals surface area contributed by atoms with Crippen LogP contribution in [-0.2, 0) is 5.41 Å². The van der Waals surface area contributed by atoms with Gasteiger partial charge in [-0.1, -0.05) is 133 Å². The highest BCUT2D eigenvalue weighted by Crippen LogP contribution is 2.62. The third-order valence-corrected chi connectivity index (χ3v) is 15.2. The highest BCUT2D eigenvalue weighted by Gasteiger charge is 2.52. The molecule has 330 valence electrons. The summed E-state index contributed by atoms with van der Waals surface area (Å²) in [4.78, 5) is 15.9. The van der Waals surface area contributed by atoms with Gasteiger partial charge in [0.05, 0.1) is 61.8 Å². The van der Waals surface area contributed by atoms with Crippen molar-refractivity contribution in [1.29, 1.82) is 0 Å². The van der Waals surface area contributed by atoms with Crippen molar-refractivity contribution in [2.45, 2.75) is 5.41 Å². The molecule has 0 radical (unpaired) electrons. The molecule has 1 spiro atoms. The molecule has 1 aliphatic carbocycles. The number of rotatable bonds is 4. The molecule has 6 aromatic heterocycles. The van der Waals surface area contributed by atoms with Crippen LogP contribution in [0.5, 0.6) is 11.5 Å². The van der Waals surface area contributed by atoms with Crippen LogP contribution < -0.4 is 4.74 Å². The van der Waals surface area contributed by atoms with E-state index in [-0.39, 0.29) is 0 Å². The van der Waals surface area contributed by atoms with Crippen LogP contribution in [0, 0.1) is 0 Å². The number of benzene rings is 8. The first kappa shape index (κ1) is 38.4. The Morgan fingerprint density at radius 3 is 1.48 bits per heavy atom. The summed E-state index contributed by atoms with van der Waals surface area (Å²) in [5.74, 6) is 3.36. The molecule has 8 aromatic carbocycles. The minimum atomic E-state index is -0.784. The first-order valence-electron chi connectivity index (χ1n) is 24.1. The molecular formula is C64H38N6O. The SMILES string of the molecule is c1cc(-n2c3ccccc3c3ccccc32)nc(-n2c3ccccc3c3cc(-c4ccc5c(c4)C4(c6ccccc6O5)c5cccnc5-c5ncc(-n6c7ccccc7c7ccccc76)cc54)ccc32)c1. The normalized spacial score (nSPS) is 14.6. The number of nitrogens with zero attached hydrogens (tertiary/aromatic N) is 6. The van der Waals surface area contributed by atoms with Gasteiger partial charge in [0.2, 0.25) is 0 Å². The van der Waals surface area contributed by atoms with Gasteiger partial charge in [-0.25, -0.2) is 4.98 Å². The lowest BCUT2D eigenvalue weighted by atomic mass is 9.66. The molecule has 1 aliphatic heterocycles. The second kappa shape index (κ2) is 14.2. The van der Waals surface area contributed by atoms with Crippen LogP contribution in [0.2, 0.25) is 0 Å². The molecule has 1 unspecified atom stereocenters. The van der Waals surface area contributed by atoms with E-state index in [2.05, 4.69) is 232 Å². The van der Waals surface area contributed by atoms with Gasteiger partial charge in [-0.15, -0.1) is 0 Å². The minimum Gasteiger partial charge on any atom is -0.457 e. The highest BCUT2D eigenvalue weighted by atomic mass is 16.5. The molecule has 14 aromatic rings. The van der Waals surface area contributed by atoms with Gasteiger partial charge in [-0.05, 0) is 102 Å². The van der Waals surface area contributed by atoms with E-state index >= 15 is 0 Å². The van der Waals surface area contributed by atoms with Crippen molar-refractivity contribution in [1.82, 2.24) is 28.7 Å². The fourth-order valence-corrected chi connectivity index (χ4v) is 12.3. The highest BCUT2D eigenvalue weighted by molar-refractivity contribution is 6.12. The molecule has 1 atom stereocenters. The van der Waals surface area contributed by atoms with Crippen molar-refractivity contribution in [3.63, 3.8) is 0 Å². The maximum atomic E-state index is 6.91. The van der Waals surface area contributed by atoms with E-state index in [0.717, 1.165) is 117 Å². The quantitative estimate of drug-likeness (QED) is 0.176. The smallest absolute Gasteiger partial charge is 0.140 e. The summed E-state index contributed by atoms with van der Waals surface area (Å²) in [5.41, 5.74) is 15.2. The maximum Gasteiger partial charge on any atom is 0.140 e. The van der Waals surface area contributed by atoms with Crippen molar-refractivity contribution in [2.24, 2.45) is 0 Å². The first-order chi connectivity index (χ1) is 35.2. The molecule has 71 heavy (non-hydrogen) atoms. The van der Waals surface area contributed by atoms with Gasteiger partial charge in [-0.2, -0.15) is 0 Å². The summed E-state index contributed by atoms with van der Waals surface area (Å²) >= 11 is 0. The Kier molecular flexibility index (Phi) is 7.69. The van der Waals surface area contributed by atoms with Gasteiger partial charge in [0.25, 0.3) is 0 Å². The number of aromatic nitrogens is 6. The van der Waals surface area contributed by atoms with E-state index in [1.807, 2.05) is 12.4 Å². The third kappa shape index (κ3) is 5.13. The number of hydrogen-bond donors (Lipinski definition) is 0. The van der Waals surface area contributed by atoms with Crippen molar-refractivity contribution in [3.8, 4) is 51.3 Å². The van der Waals surface area contributed by atoms with E-state index in [4.69, 9.17) is 19.7 Å². The van der Waals surface area contributed by atoms with E-state index in [1.54, 1.807) is 0 Å². The van der Waals surface area contributed by atoms with E-state index < -0.39 is 5.41 Å². The zero-order chi connectivity index (χ0) is 46.4. The lowest BCUT2D eigenvalue weighted by Crippen LogP contribution is -2.32. The Hall–Kier alpha value is -9.59. The Morgan fingerprint density at radius 2 is 0.831 bits per heavy atom. The standard InChI is InChI=1S/C64H38N6O/c1-7-22-52-42(15-1)43-16-2-8-23-53(43)68(52)41-37-51-63(66-38-41)62-49(21-14-34-65-62)64(51)48-20-6-12-27-58(48)71-59-33-31-40(36-50(59)64)39-30-32-57-47(35-39)46-19-5-11-26-56(46)70(57)61-29-13-28-60(67-61)69-54-24-9-3-17-44(54)45-18-4-10-25-55(45)69/h1-38H. The summed E-state index contributed by atoms with van der Waals surface area (Å²) in [7, 11) is 0. The predicted molar refractivity (Wildman–Crippen MR) is 286 cm³/mol. The van der Waals surface area contributed by atoms with Crippen molar-refractivity contribution in [3.05, 3.63) is 253 Å². The van der Waals surface area contributed by atoms with Crippen LogP contribution in [0.3, 0.4) is 0 Å². The molecule has 16 rings (SSSR count). The number of para-hydroxylation sites is 6. The summed E-state index contributed by atoms with van der Waals surface area (Å²) in [6, 6.07) is 78.1. The summed E-state index contributed by atoms with van der Waals surface area (Å²) in [6.07, 6.45) is 3.90. The zero-order valence-electron chi connectivity index (χ0n) is 38.0. The van der Waals surface area contributed by atoms with Crippen LogP contribution in [0.4, 0.5) is 0 Å². The van der Waals surface area contributed by atoms with Gasteiger partial charge < -0.3 is 9.30 Å². The Bertz CT molecular complexity index is 4490. The van der Waals surface area contributed by atoms with Gasteiger partial charge >= 0.3 is 0 Å². The fraction of sp³-hybridized carbons (Fsp3) is 0.0156. The van der Waals surface area contributed by atoms with E-state index in [1.165, 1.54) is 21.5 Å². The van der Waals surface area contributed by atoms with Gasteiger partial charge in [0.15, 0.2) is 0 Å². The molecule has 0 N–H and O–H groups in total. The molecule has 0 saturated heterocycles. The largest absolute Gasteiger partial charge is 0.457 e. The molecule has 7 heterocycles. The lowest BCUT2D eigenvalue weighted by Gasteiger charge is -2.39. The van der Waals surface area contributed by atoms with E-state index in [9.17, 15) is 0 Å². The Morgan fingerprint density at radius 1 is 0.338 bits per heavy atom. The third-order valence-electron chi connectivity index (χ3n) is 15.2. The molecule has 0 amide bonds. The Labute approximate surface area is 406 Å². The summed E-state index contributed by atoms with van der Waals surface area (Å²) < 4.78 is 13.8. The zero-order valence-corrected chi connectivity index (χ0v) is 38.0. The minimum absolute atomic E-state index is 0.784. The molecule has 7 nitrogen and oxygen atoms in total. The maximum absolute atomic E-state index is 6.91. The number of hydrogen-bond acceptors (Lipinski definition) is 4. The van der Waals surface area contributed by atoms with Crippen molar-refractivity contribution in [2.75, 3.05) is 0 Å². The second-order valence-electron chi connectivity index (χ2n) is 18.7. The molecular weight excluding hydrogens is 869 g/mol. The van der Waals surface area contributed by atoms with Crippen LogP contribution in [-0.4, -0.2) is 28.7 Å². The van der Waals surface area contributed by atoms with Gasteiger partial charge in [0, 0.05) is 55.2 Å². The van der Waals surface area contributed by atoms with Crippen molar-refractivity contribution < 1.29 is 4.74 Å². The van der Waals surface area contributed by atoms with E-state index in [0.29, 0.717) is 0 Å². The molecule has 0 bridgehead atoms. The Balaban J connectivity index is 0.893. The van der Waals surface area contributed by atoms with Crippen molar-refractivity contribution >= 4 is 65.4 Å². The predicted octanol–water partition coefficient (Wildman–Crippen LogP) is 15.3. The summed E-state index contributed by atoms with van der Waals surface area (Å²) in [5, 5.41) is 7.15. The fourth-order valence-electron chi connectivity index (χ4n) is 12.3. The van der Waals surface area contributed by atoms with Gasteiger partial charge in [-0.3, -0.25) is 19.1 Å². The second-order valence-corrected chi connectivity index (χ2v) is 18.7. The molecule has 2 aliphatic rings. The number of pyridine rings is 3. The number of fused-ring (bicyclic) bond motifs is 18. The monoisotopic (exact) mass is 906 g/mol. The van der Waals surface area contributed by atoms with Crippen LogP contribution in [0.25, 0.3) is 105 Å². The summed E-state index contributed by atoms with van der Waals surface area (Å²) in [6.45, 7) is 0. The van der Waals surface area contributed by atoms with Crippen LogP contribution in [0.1, 0.15) is 22.3 Å². The average Bonchev–Trinajstić information content (AvgIpc) is 4.15. The first-order valence-corrected chi connectivity index (χ1v) is 24.1. The average molecular weight is 907 g/mol. The number of ether oxygens (including phenoxy) is 1. The lowest BCUT2D eigenvalue weighted by molar-refractivity contribution is 0.436. The molecule has 0 saturated carbocycles. The van der Waals surface area contributed by atoms with Crippen LogP contribution in [0.15, 0.2) is 231 Å².